The van der Waals surface area contributed by atoms with E-state index in [0.29, 0.717) is 32.1 Å². The maximum atomic E-state index is 12.7. The quantitative estimate of drug-likeness (QED) is 0.833. The van der Waals surface area contributed by atoms with Gasteiger partial charge in [0, 0.05) is 32.1 Å². The third-order valence-corrected chi connectivity index (χ3v) is 4.83. The highest BCUT2D eigenvalue weighted by Crippen LogP contribution is 2.32. The van der Waals surface area contributed by atoms with Crippen LogP contribution < -0.4 is 5.73 Å². The third kappa shape index (κ3) is 3.57. The second-order valence-electron chi connectivity index (χ2n) is 7.13. The predicted molar refractivity (Wildman–Crippen MR) is 82.5 cm³/mol. The smallest absolute Gasteiger partial charge is 0.242 e. The van der Waals surface area contributed by atoms with Crippen molar-refractivity contribution in [2.75, 3.05) is 26.2 Å². The summed E-state index contributed by atoms with van der Waals surface area (Å²) in [4.78, 5) is 28.4. The van der Waals surface area contributed by atoms with Gasteiger partial charge in [0.05, 0.1) is 5.54 Å². The zero-order valence-corrected chi connectivity index (χ0v) is 13.6. The van der Waals surface area contributed by atoms with Crippen molar-refractivity contribution in [1.29, 1.82) is 0 Å². The van der Waals surface area contributed by atoms with E-state index < -0.39 is 5.54 Å². The fourth-order valence-electron chi connectivity index (χ4n) is 3.60. The van der Waals surface area contributed by atoms with Gasteiger partial charge in [-0.05, 0) is 18.8 Å². The molecule has 2 atom stereocenters. The minimum absolute atomic E-state index is 0.0206. The van der Waals surface area contributed by atoms with E-state index in [1.165, 1.54) is 6.42 Å². The van der Waals surface area contributed by atoms with Crippen molar-refractivity contribution in [2.45, 2.75) is 52.0 Å². The number of piperazine rings is 1. The van der Waals surface area contributed by atoms with Crippen LogP contribution in [0, 0.1) is 11.8 Å². The summed E-state index contributed by atoms with van der Waals surface area (Å²) < 4.78 is 0. The summed E-state index contributed by atoms with van der Waals surface area (Å²) >= 11 is 0. The Hall–Kier alpha value is -1.10. The zero-order chi connectivity index (χ0) is 15.6. The molecular weight excluding hydrogens is 266 g/mol. The van der Waals surface area contributed by atoms with E-state index in [4.69, 9.17) is 5.73 Å². The standard InChI is InChI=1S/C16H29N3O2/c1-12(2)14(20)18-7-9-19(10-8-18)15(21)16(17)6-4-5-13(3)11-16/h12-13H,4-11,17H2,1-3H3. The minimum Gasteiger partial charge on any atom is -0.339 e. The van der Waals surface area contributed by atoms with Gasteiger partial charge in [-0.3, -0.25) is 9.59 Å². The van der Waals surface area contributed by atoms with Gasteiger partial charge < -0.3 is 15.5 Å². The number of nitrogens with two attached hydrogens (primary N) is 1. The first-order chi connectivity index (χ1) is 9.83. The number of carbonyl (C=O) groups is 2. The summed E-state index contributed by atoms with van der Waals surface area (Å²) in [5.74, 6) is 0.811. The Labute approximate surface area is 127 Å². The lowest BCUT2D eigenvalue weighted by Gasteiger charge is -2.42. The average Bonchev–Trinajstić information content (AvgIpc) is 2.45. The van der Waals surface area contributed by atoms with Crippen LogP contribution in [-0.4, -0.2) is 53.3 Å². The number of rotatable bonds is 2. The molecule has 0 aromatic rings. The first kappa shape index (κ1) is 16.3. The van der Waals surface area contributed by atoms with Crippen molar-refractivity contribution < 1.29 is 9.59 Å². The third-order valence-electron chi connectivity index (χ3n) is 4.83. The molecule has 2 unspecified atom stereocenters. The lowest BCUT2D eigenvalue weighted by atomic mass is 9.76. The second-order valence-corrected chi connectivity index (χ2v) is 7.13. The molecule has 21 heavy (non-hydrogen) atoms. The molecule has 1 saturated heterocycles. The molecule has 5 heteroatoms. The van der Waals surface area contributed by atoms with Crippen LogP contribution >= 0.6 is 0 Å². The van der Waals surface area contributed by atoms with E-state index in [0.717, 1.165) is 19.3 Å². The summed E-state index contributed by atoms with van der Waals surface area (Å²) in [7, 11) is 0. The molecule has 1 aliphatic carbocycles. The van der Waals surface area contributed by atoms with Crippen LogP contribution in [0.25, 0.3) is 0 Å². The summed E-state index contributed by atoms with van der Waals surface area (Å²) in [5.41, 5.74) is 5.72. The van der Waals surface area contributed by atoms with Crippen LogP contribution in [0.3, 0.4) is 0 Å². The Morgan fingerprint density at radius 1 is 1.14 bits per heavy atom. The first-order valence-corrected chi connectivity index (χ1v) is 8.20. The largest absolute Gasteiger partial charge is 0.339 e. The maximum absolute atomic E-state index is 12.7. The monoisotopic (exact) mass is 295 g/mol. The molecule has 1 heterocycles. The molecule has 2 aliphatic rings. The Morgan fingerprint density at radius 2 is 1.71 bits per heavy atom. The highest BCUT2D eigenvalue weighted by molar-refractivity contribution is 5.86. The summed E-state index contributed by atoms with van der Waals surface area (Å²) in [6.45, 7) is 8.50. The Morgan fingerprint density at radius 3 is 2.24 bits per heavy atom. The van der Waals surface area contributed by atoms with Crippen molar-refractivity contribution in [3.05, 3.63) is 0 Å². The minimum atomic E-state index is -0.679. The van der Waals surface area contributed by atoms with Gasteiger partial charge in [-0.15, -0.1) is 0 Å². The number of hydrogen-bond donors (Lipinski definition) is 1. The Kier molecular flexibility index (Phi) is 4.91. The molecule has 0 bridgehead atoms. The molecule has 2 amide bonds. The topological polar surface area (TPSA) is 66.6 Å². The number of nitrogens with zero attached hydrogens (tertiary/aromatic N) is 2. The highest BCUT2D eigenvalue weighted by atomic mass is 16.2. The van der Waals surface area contributed by atoms with Gasteiger partial charge in [-0.2, -0.15) is 0 Å². The molecule has 0 spiro atoms. The lowest BCUT2D eigenvalue weighted by Crippen LogP contribution is -2.61. The molecule has 5 nitrogen and oxygen atoms in total. The fourth-order valence-corrected chi connectivity index (χ4v) is 3.60. The molecule has 0 radical (unpaired) electrons. The van der Waals surface area contributed by atoms with Gasteiger partial charge in [0.1, 0.15) is 0 Å². The van der Waals surface area contributed by atoms with Crippen molar-refractivity contribution in [3.63, 3.8) is 0 Å². The second kappa shape index (κ2) is 6.34. The molecule has 2 fully saturated rings. The van der Waals surface area contributed by atoms with E-state index >= 15 is 0 Å². The molecule has 1 saturated carbocycles. The van der Waals surface area contributed by atoms with E-state index in [9.17, 15) is 9.59 Å². The molecule has 2 rings (SSSR count). The number of hydrogen-bond acceptors (Lipinski definition) is 3. The van der Waals surface area contributed by atoms with Crippen LogP contribution in [0.15, 0.2) is 0 Å². The highest BCUT2D eigenvalue weighted by Gasteiger charge is 2.41. The van der Waals surface area contributed by atoms with Crippen LogP contribution in [0.2, 0.25) is 0 Å². The summed E-state index contributed by atoms with van der Waals surface area (Å²) in [6, 6.07) is 0. The van der Waals surface area contributed by atoms with Gasteiger partial charge in [-0.25, -0.2) is 0 Å². The molecular formula is C16H29N3O2. The lowest BCUT2D eigenvalue weighted by molar-refractivity contribution is -0.145. The van der Waals surface area contributed by atoms with Crippen LogP contribution in [0.1, 0.15) is 46.5 Å². The van der Waals surface area contributed by atoms with Crippen molar-refractivity contribution in [2.24, 2.45) is 17.6 Å². The molecule has 0 aromatic heterocycles. The van der Waals surface area contributed by atoms with Crippen molar-refractivity contribution in [3.8, 4) is 0 Å². The molecule has 1 aliphatic heterocycles. The van der Waals surface area contributed by atoms with E-state index in [2.05, 4.69) is 6.92 Å². The van der Waals surface area contributed by atoms with E-state index in [1.54, 1.807) is 0 Å². The van der Waals surface area contributed by atoms with Crippen molar-refractivity contribution in [1.82, 2.24) is 9.80 Å². The van der Waals surface area contributed by atoms with Gasteiger partial charge in [0.2, 0.25) is 11.8 Å². The predicted octanol–water partition coefficient (Wildman–Crippen LogP) is 1.22. The van der Waals surface area contributed by atoms with Gasteiger partial charge >= 0.3 is 0 Å². The SMILES string of the molecule is CC1CCCC(N)(C(=O)N2CCN(C(=O)C(C)C)CC2)C1. The molecule has 0 aromatic carbocycles. The van der Waals surface area contributed by atoms with Gasteiger partial charge in [0.15, 0.2) is 0 Å². The van der Waals surface area contributed by atoms with Crippen molar-refractivity contribution >= 4 is 11.8 Å². The average molecular weight is 295 g/mol. The molecule has 120 valence electrons. The van der Waals surface area contributed by atoms with Crippen LogP contribution in [-0.2, 0) is 9.59 Å². The Balaban J connectivity index is 1.92. The molecule has 2 N–H and O–H groups in total. The van der Waals surface area contributed by atoms with E-state index in [1.807, 2.05) is 23.6 Å². The number of amides is 2. The normalized spacial score (nSPS) is 30.6. The van der Waals surface area contributed by atoms with Gasteiger partial charge in [-0.1, -0.05) is 33.6 Å². The number of carbonyl (C=O) groups excluding carboxylic acids is 2. The zero-order valence-electron chi connectivity index (χ0n) is 13.6. The maximum Gasteiger partial charge on any atom is 0.242 e. The Bertz CT molecular complexity index is 402. The first-order valence-electron chi connectivity index (χ1n) is 8.20. The van der Waals surface area contributed by atoms with E-state index in [-0.39, 0.29) is 17.7 Å². The van der Waals surface area contributed by atoms with Gasteiger partial charge in [0.25, 0.3) is 0 Å². The van der Waals surface area contributed by atoms with Crippen LogP contribution in [0.5, 0.6) is 0 Å². The summed E-state index contributed by atoms with van der Waals surface area (Å²) in [5, 5.41) is 0. The van der Waals surface area contributed by atoms with Crippen LogP contribution in [0.4, 0.5) is 0 Å². The fraction of sp³-hybridized carbons (Fsp3) is 0.875. The summed E-state index contributed by atoms with van der Waals surface area (Å²) in [6.07, 6.45) is 3.79.